The Hall–Kier alpha value is -3.02. The summed E-state index contributed by atoms with van der Waals surface area (Å²) >= 11 is 7.79. The van der Waals surface area contributed by atoms with Crippen molar-refractivity contribution in [3.63, 3.8) is 0 Å². The fraction of sp³-hybridized carbons (Fsp3) is 0.0435. The predicted molar refractivity (Wildman–Crippen MR) is 120 cm³/mol. The van der Waals surface area contributed by atoms with E-state index in [-0.39, 0.29) is 11.9 Å². The minimum Gasteiger partial charge on any atom is -0.425 e. The molecule has 0 unspecified atom stereocenters. The molecule has 6 heteroatoms. The van der Waals surface area contributed by atoms with Gasteiger partial charge in [0.2, 0.25) is 0 Å². The van der Waals surface area contributed by atoms with Crippen molar-refractivity contribution in [2.75, 3.05) is 11.2 Å². The van der Waals surface area contributed by atoms with E-state index in [4.69, 9.17) is 16.3 Å². The number of carbonyl (C=O) groups is 1. The molecular weight excluding hydrogens is 404 g/mol. The van der Waals surface area contributed by atoms with Crippen LogP contribution < -0.4 is 9.64 Å². The molecule has 0 aromatic heterocycles. The number of halogens is 1. The van der Waals surface area contributed by atoms with E-state index in [9.17, 15) is 4.79 Å². The van der Waals surface area contributed by atoms with E-state index in [2.05, 4.69) is 4.99 Å². The molecule has 144 valence electrons. The zero-order chi connectivity index (χ0) is 20.2. The van der Waals surface area contributed by atoms with Gasteiger partial charge in [-0.05, 0) is 60.4 Å². The number of benzene rings is 3. The van der Waals surface area contributed by atoms with Crippen LogP contribution in [-0.4, -0.2) is 18.2 Å². The Kier molecular flexibility index (Phi) is 5.69. The Labute approximate surface area is 178 Å². The van der Waals surface area contributed by atoms with Gasteiger partial charge in [-0.15, -0.1) is 11.8 Å². The Morgan fingerprint density at radius 3 is 2.45 bits per heavy atom. The highest BCUT2D eigenvalue weighted by Crippen LogP contribution is 2.29. The smallest absolute Gasteiger partial charge is 0.310 e. The second-order valence-corrected chi connectivity index (χ2v) is 7.55. The third-order valence-corrected chi connectivity index (χ3v) is 5.25. The molecule has 3 aromatic carbocycles. The molecule has 29 heavy (non-hydrogen) atoms. The molecule has 4 nitrogen and oxygen atoms in total. The van der Waals surface area contributed by atoms with Gasteiger partial charge in [0.1, 0.15) is 11.4 Å². The molecule has 1 aliphatic rings. The molecule has 0 aliphatic carbocycles. The summed E-state index contributed by atoms with van der Waals surface area (Å²) in [5.41, 5.74) is 1.78. The second kappa shape index (κ2) is 8.55. The van der Waals surface area contributed by atoms with Crippen LogP contribution in [0.5, 0.6) is 5.75 Å². The Morgan fingerprint density at radius 1 is 1.00 bits per heavy atom. The molecule has 0 bridgehead atoms. The summed E-state index contributed by atoms with van der Waals surface area (Å²) in [6.45, 7) is 0. The zero-order valence-corrected chi connectivity index (χ0v) is 17.2. The maximum Gasteiger partial charge on any atom is 0.310 e. The van der Waals surface area contributed by atoms with Gasteiger partial charge in [0.25, 0.3) is 5.91 Å². The molecule has 0 saturated heterocycles. The average molecular weight is 421 g/mol. The molecule has 0 N–H and O–H groups in total. The third-order valence-electron chi connectivity index (χ3n) is 4.27. The maximum atomic E-state index is 13.1. The first-order valence-electron chi connectivity index (χ1n) is 8.91. The molecule has 0 atom stereocenters. The van der Waals surface area contributed by atoms with Gasteiger partial charge < -0.3 is 4.74 Å². The van der Waals surface area contributed by atoms with Crippen molar-refractivity contribution in [3.05, 3.63) is 95.1 Å². The number of aliphatic imine (C=N–C) groups is 1. The highest BCUT2D eigenvalue weighted by molar-refractivity contribution is 7.98. The number of nitrogens with zero attached hydrogens (tertiary/aromatic N) is 2. The van der Waals surface area contributed by atoms with Gasteiger partial charge in [-0.2, -0.15) is 4.99 Å². The molecule has 1 amide bonds. The molecule has 0 radical (unpaired) electrons. The normalized spacial score (nSPS) is 15.0. The van der Waals surface area contributed by atoms with Gasteiger partial charge in [-0.1, -0.05) is 48.0 Å². The van der Waals surface area contributed by atoms with Crippen molar-refractivity contribution < 1.29 is 9.53 Å². The molecular formula is C23H17ClN2O2S. The van der Waals surface area contributed by atoms with Crippen LogP contribution >= 0.6 is 23.4 Å². The quantitative estimate of drug-likeness (QED) is 0.390. The number of amides is 1. The number of ether oxygens (including phenoxy) is 1. The molecule has 1 aliphatic heterocycles. The maximum absolute atomic E-state index is 13.1. The molecule has 0 saturated carbocycles. The van der Waals surface area contributed by atoms with Gasteiger partial charge >= 0.3 is 6.02 Å². The SMILES string of the molecule is CSc1ccc(OC2=NC(=Cc3ccccc3)C(=O)N2c2cccc(Cl)c2)cc1. The summed E-state index contributed by atoms with van der Waals surface area (Å²) in [6.07, 6.45) is 3.75. The lowest BCUT2D eigenvalue weighted by Gasteiger charge is -2.18. The molecule has 4 rings (SSSR count). The topological polar surface area (TPSA) is 41.9 Å². The van der Waals surface area contributed by atoms with Crippen molar-refractivity contribution in [2.24, 2.45) is 4.99 Å². The number of thioether (sulfide) groups is 1. The summed E-state index contributed by atoms with van der Waals surface area (Å²) in [7, 11) is 0. The fourth-order valence-corrected chi connectivity index (χ4v) is 3.46. The Balaban J connectivity index is 1.72. The van der Waals surface area contributed by atoms with E-state index in [1.165, 1.54) is 4.90 Å². The molecule has 1 heterocycles. The van der Waals surface area contributed by atoms with Crippen molar-refractivity contribution >= 4 is 47.1 Å². The molecule has 0 spiro atoms. The summed E-state index contributed by atoms with van der Waals surface area (Å²) in [5, 5.41) is 0.527. The van der Waals surface area contributed by atoms with Gasteiger partial charge in [0.15, 0.2) is 0 Å². The van der Waals surface area contributed by atoms with Gasteiger partial charge in [-0.25, -0.2) is 4.90 Å². The summed E-state index contributed by atoms with van der Waals surface area (Å²) < 4.78 is 5.98. The fourth-order valence-electron chi connectivity index (χ4n) is 2.86. The highest BCUT2D eigenvalue weighted by atomic mass is 35.5. The van der Waals surface area contributed by atoms with Crippen molar-refractivity contribution in [1.29, 1.82) is 0 Å². The van der Waals surface area contributed by atoms with Crippen LogP contribution in [-0.2, 0) is 4.79 Å². The third kappa shape index (κ3) is 4.36. The Bertz CT molecular complexity index is 1100. The first-order valence-corrected chi connectivity index (χ1v) is 10.5. The number of carbonyl (C=O) groups excluding carboxylic acids is 1. The van der Waals surface area contributed by atoms with E-state index in [1.807, 2.05) is 60.9 Å². The lowest BCUT2D eigenvalue weighted by atomic mass is 10.2. The van der Waals surface area contributed by atoms with Crippen LogP contribution in [0.2, 0.25) is 5.02 Å². The molecule has 3 aromatic rings. The van der Waals surface area contributed by atoms with Crippen LogP contribution in [0.1, 0.15) is 5.56 Å². The van der Waals surface area contributed by atoms with E-state index in [0.717, 1.165) is 10.5 Å². The van der Waals surface area contributed by atoms with E-state index >= 15 is 0 Å². The minimum absolute atomic E-state index is 0.191. The number of rotatable bonds is 4. The first kappa shape index (κ1) is 19.3. The number of hydrogen-bond acceptors (Lipinski definition) is 4. The lowest BCUT2D eigenvalue weighted by Crippen LogP contribution is -2.35. The average Bonchev–Trinajstić information content (AvgIpc) is 3.04. The highest BCUT2D eigenvalue weighted by Gasteiger charge is 2.33. The first-order chi connectivity index (χ1) is 14.1. The van der Waals surface area contributed by atoms with E-state index in [0.29, 0.717) is 22.2 Å². The van der Waals surface area contributed by atoms with Gasteiger partial charge in [-0.3, -0.25) is 4.79 Å². The summed E-state index contributed by atoms with van der Waals surface area (Å²) in [5.74, 6) is 0.328. The standard InChI is InChI=1S/C23H17ClN2O2S/c1-29-20-12-10-19(11-13-20)28-23-25-21(14-16-6-3-2-4-7-16)22(27)26(23)18-9-5-8-17(24)15-18/h2-15H,1H3. The van der Waals surface area contributed by atoms with Crippen LogP contribution in [0, 0.1) is 0 Å². The summed E-state index contributed by atoms with van der Waals surface area (Å²) in [4.78, 5) is 20.2. The minimum atomic E-state index is -0.271. The second-order valence-electron chi connectivity index (χ2n) is 6.23. The predicted octanol–water partition coefficient (Wildman–Crippen LogP) is 5.88. The monoisotopic (exact) mass is 420 g/mol. The number of anilines is 1. The van der Waals surface area contributed by atoms with Gasteiger partial charge in [0, 0.05) is 9.92 Å². The van der Waals surface area contributed by atoms with Crippen LogP contribution in [0.25, 0.3) is 6.08 Å². The van der Waals surface area contributed by atoms with Gasteiger partial charge in [0.05, 0.1) is 5.69 Å². The zero-order valence-electron chi connectivity index (χ0n) is 15.6. The van der Waals surface area contributed by atoms with Crippen LogP contribution in [0.3, 0.4) is 0 Å². The molecule has 0 fully saturated rings. The van der Waals surface area contributed by atoms with Crippen molar-refractivity contribution in [3.8, 4) is 5.75 Å². The number of hydrogen-bond donors (Lipinski definition) is 0. The Morgan fingerprint density at radius 2 is 1.76 bits per heavy atom. The van der Waals surface area contributed by atoms with Crippen LogP contribution in [0.15, 0.2) is 94.4 Å². The summed E-state index contributed by atoms with van der Waals surface area (Å²) in [6, 6.07) is 24.4. The lowest BCUT2D eigenvalue weighted by molar-refractivity contribution is -0.113. The van der Waals surface area contributed by atoms with Crippen LogP contribution in [0.4, 0.5) is 5.69 Å². The van der Waals surface area contributed by atoms with Crippen molar-refractivity contribution in [2.45, 2.75) is 4.90 Å². The van der Waals surface area contributed by atoms with E-state index < -0.39 is 0 Å². The van der Waals surface area contributed by atoms with Crippen molar-refractivity contribution in [1.82, 2.24) is 0 Å². The van der Waals surface area contributed by atoms with E-state index in [1.54, 1.807) is 42.1 Å². The number of amidine groups is 1. The largest absolute Gasteiger partial charge is 0.425 e.